The number of amides is 5. The third-order valence-corrected chi connectivity index (χ3v) is 8.22. The van der Waals surface area contributed by atoms with Crippen molar-refractivity contribution in [3.8, 4) is 11.6 Å². The number of carbonyl (C=O) groups excluding carboxylic acids is 5. The normalized spacial score (nSPS) is 17.4. The average Bonchev–Trinajstić information content (AvgIpc) is 3.76. The molecule has 1 aromatic carbocycles. The molecule has 1 unspecified atom stereocenters. The molecule has 16 nitrogen and oxygen atoms in total. The summed E-state index contributed by atoms with van der Waals surface area (Å²) >= 11 is 0. The molecule has 0 bridgehead atoms. The van der Waals surface area contributed by atoms with E-state index in [1.807, 2.05) is 5.32 Å². The van der Waals surface area contributed by atoms with E-state index in [2.05, 4.69) is 10.4 Å². The first-order valence-electron chi connectivity index (χ1n) is 16.4. The van der Waals surface area contributed by atoms with Crippen molar-refractivity contribution in [1.29, 1.82) is 0 Å². The number of carboxylic acid groups (broad SMARTS) is 1. The fourth-order valence-electron chi connectivity index (χ4n) is 5.69. The van der Waals surface area contributed by atoms with Crippen LogP contribution in [-0.2, 0) is 23.9 Å². The first kappa shape index (κ1) is 38.4. The van der Waals surface area contributed by atoms with Crippen LogP contribution in [0.4, 0.5) is 18.0 Å². The lowest BCUT2D eigenvalue weighted by atomic mass is 10.1. The standard InChI is InChI=1S/C32H40F3N7O9/c1-3-50-31(49)40-16-14-39(15-17-40)30(48)22(11-12-26(43)44)37-27(45)23-18-25(42(38-23)21-8-5-4-6-9-21)51-20(2)29(47)41-13-7-10-24(41)28(46)36-19-32(33,34)35/h4-6,8-9,18,20,22,24H,3,7,10-17,19H2,1-2H3,(H,36,46)(H,37,45)(H,43,44)/t20?,22-,24-/m0/s1. The molecular formula is C32H40F3N7O9. The third kappa shape index (κ3) is 10.3. The largest absolute Gasteiger partial charge is 0.481 e. The number of aliphatic carboxylic acids is 1. The lowest BCUT2D eigenvalue weighted by Gasteiger charge is -2.35. The van der Waals surface area contributed by atoms with E-state index >= 15 is 0 Å². The Morgan fingerprint density at radius 2 is 1.67 bits per heavy atom. The van der Waals surface area contributed by atoms with E-state index in [4.69, 9.17) is 9.47 Å². The topological polar surface area (TPSA) is 193 Å². The van der Waals surface area contributed by atoms with Crippen LogP contribution in [0.1, 0.15) is 50.0 Å². The van der Waals surface area contributed by atoms with Crippen molar-refractivity contribution in [2.45, 2.75) is 63.9 Å². The number of carboxylic acids is 1. The number of hydrogen-bond acceptors (Lipinski definition) is 9. The minimum absolute atomic E-state index is 0.0760. The summed E-state index contributed by atoms with van der Waals surface area (Å²) in [4.78, 5) is 80.4. The van der Waals surface area contributed by atoms with Crippen LogP contribution >= 0.6 is 0 Å². The summed E-state index contributed by atoms with van der Waals surface area (Å²) in [5, 5.41) is 18.0. The smallest absolute Gasteiger partial charge is 0.409 e. The second-order valence-corrected chi connectivity index (χ2v) is 11.9. The van der Waals surface area contributed by atoms with Crippen LogP contribution in [0.3, 0.4) is 0 Å². The molecule has 3 N–H and O–H groups in total. The Balaban J connectivity index is 1.51. The molecule has 51 heavy (non-hydrogen) atoms. The number of benzene rings is 1. The molecule has 2 aromatic rings. The van der Waals surface area contributed by atoms with E-state index < -0.39 is 73.0 Å². The van der Waals surface area contributed by atoms with Crippen molar-refractivity contribution >= 4 is 35.7 Å². The van der Waals surface area contributed by atoms with E-state index in [0.29, 0.717) is 12.1 Å². The van der Waals surface area contributed by atoms with E-state index in [0.717, 1.165) is 4.90 Å². The van der Waals surface area contributed by atoms with E-state index in [1.54, 1.807) is 37.3 Å². The first-order valence-corrected chi connectivity index (χ1v) is 16.4. The maximum atomic E-state index is 13.5. The fraction of sp³-hybridized carbons (Fsp3) is 0.531. The summed E-state index contributed by atoms with van der Waals surface area (Å²) < 4.78 is 50.2. The van der Waals surface area contributed by atoms with Gasteiger partial charge in [0.15, 0.2) is 11.8 Å². The zero-order valence-corrected chi connectivity index (χ0v) is 28.1. The number of hydrogen-bond donors (Lipinski definition) is 3. The summed E-state index contributed by atoms with van der Waals surface area (Å²) in [5.74, 6) is -4.27. The van der Waals surface area contributed by atoms with Crippen LogP contribution in [0.15, 0.2) is 36.4 Å². The van der Waals surface area contributed by atoms with Gasteiger partial charge in [0.25, 0.3) is 11.8 Å². The zero-order chi connectivity index (χ0) is 37.3. The predicted molar refractivity (Wildman–Crippen MR) is 171 cm³/mol. The van der Waals surface area contributed by atoms with Gasteiger partial charge in [-0.2, -0.15) is 18.3 Å². The van der Waals surface area contributed by atoms with Gasteiger partial charge in [0.05, 0.1) is 12.3 Å². The van der Waals surface area contributed by atoms with Crippen LogP contribution in [0, 0.1) is 0 Å². The zero-order valence-electron chi connectivity index (χ0n) is 28.1. The van der Waals surface area contributed by atoms with Gasteiger partial charge in [0.2, 0.25) is 17.7 Å². The molecule has 1 aromatic heterocycles. The van der Waals surface area contributed by atoms with E-state index in [1.165, 1.54) is 27.5 Å². The number of halogens is 3. The Morgan fingerprint density at radius 3 is 2.29 bits per heavy atom. The molecule has 2 aliphatic heterocycles. The van der Waals surface area contributed by atoms with Gasteiger partial charge in [-0.1, -0.05) is 18.2 Å². The minimum atomic E-state index is -4.62. The van der Waals surface area contributed by atoms with Gasteiger partial charge in [-0.05, 0) is 45.2 Å². The van der Waals surface area contributed by atoms with Gasteiger partial charge in [-0.25, -0.2) is 9.48 Å². The number of para-hydroxylation sites is 1. The first-order chi connectivity index (χ1) is 24.2. The molecule has 0 radical (unpaired) electrons. The van der Waals surface area contributed by atoms with Crippen LogP contribution in [-0.4, -0.2) is 136 Å². The number of piperazine rings is 1. The molecule has 3 heterocycles. The number of carbonyl (C=O) groups is 6. The van der Waals surface area contributed by atoms with Crippen molar-refractivity contribution in [2.75, 3.05) is 45.9 Å². The Morgan fingerprint density at radius 1 is 1.00 bits per heavy atom. The van der Waals surface area contributed by atoms with Crippen molar-refractivity contribution < 1.29 is 56.5 Å². The number of aromatic nitrogens is 2. The van der Waals surface area contributed by atoms with Crippen molar-refractivity contribution in [1.82, 2.24) is 35.1 Å². The van der Waals surface area contributed by atoms with Crippen LogP contribution in [0.5, 0.6) is 5.88 Å². The van der Waals surface area contributed by atoms with Gasteiger partial charge in [-0.3, -0.25) is 24.0 Å². The third-order valence-electron chi connectivity index (χ3n) is 8.22. The van der Waals surface area contributed by atoms with Gasteiger partial charge < -0.3 is 39.9 Å². The Bertz CT molecular complexity index is 1580. The van der Waals surface area contributed by atoms with Crippen LogP contribution in [0.25, 0.3) is 5.69 Å². The molecule has 278 valence electrons. The van der Waals surface area contributed by atoms with E-state index in [-0.39, 0.29) is 63.7 Å². The van der Waals surface area contributed by atoms with Gasteiger partial charge in [0.1, 0.15) is 18.6 Å². The summed E-state index contributed by atoms with van der Waals surface area (Å²) in [6.45, 7) is 2.45. The maximum absolute atomic E-state index is 13.5. The van der Waals surface area contributed by atoms with Gasteiger partial charge in [0, 0.05) is 45.2 Å². The average molecular weight is 724 g/mol. The van der Waals surface area contributed by atoms with Crippen molar-refractivity contribution in [2.24, 2.45) is 0 Å². The van der Waals surface area contributed by atoms with Crippen LogP contribution in [0.2, 0.25) is 0 Å². The molecule has 0 aliphatic carbocycles. The molecule has 2 saturated heterocycles. The number of likely N-dealkylation sites (tertiary alicyclic amines) is 1. The maximum Gasteiger partial charge on any atom is 0.409 e. The molecule has 5 amide bonds. The minimum Gasteiger partial charge on any atom is -0.481 e. The highest BCUT2D eigenvalue weighted by atomic mass is 19.4. The summed E-state index contributed by atoms with van der Waals surface area (Å²) in [6.07, 6.45) is -6.53. The van der Waals surface area contributed by atoms with Gasteiger partial charge in [-0.15, -0.1) is 0 Å². The number of ether oxygens (including phenoxy) is 2. The number of nitrogens with zero attached hydrogens (tertiary/aromatic N) is 5. The van der Waals surface area contributed by atoms with Crippen molar-refractivity contribution in [3.63, 3.8) is 0 Å². The number of nitrogens with one attached hydrogen (secondary N) is 2. The SMILES string of the molecule is CCOC(=O)N1CCN(C(=O)[C@H](CCC(=O)O)NC(=O)c2cc(OC(C)C(=O)N3CCC[C@H]3C(=O)NCC(F)(F)F)n(-c3ccccc3)n2)CC1. The lowest BCUT2D eigenvalue weighted by Crippen LogP contribution is -2.56. The highest BCUT2D eigenvalue weighted by molar-refractivity contribution is 5.96. The quantitative estimate of drug-likeness (QED) is 0.273. The Labute approximate surface area is 290 Å². The summed E-state index contributed by atoms with van der Waals surface area (Å²) in [7, 11) is 0. The molecule has 2 fully saturated rings. The number of rotatable bonds is 13. The fourth-order valence-corrected chi connectivity index (χ4v) is 5.69. The molecule has 4 rings (SSSR count). The second-order valence-electron chi connectivity index (χ2n) is 11.9. The van der Waals surface area contributed by atoms with E-state index in [9.17, 15) is 47.0 Å². The summed E-state index contributed by atoms with van der Waals surface area (Å²) in [5.41, 5.74) is 0.189. The number of alkyl halides is 3. The highest BCUT2D eigenvalue weighted by Gasteiger charge is 2.39. The molecule has 0 saturated carbocycles. The Kier molecular flexibility index (Phi) is 12.8. The molecule has 0 spiro atoms. The second kappa shape index (κ2) is 17.0. The molecular weight excluding hydrogens is 683 g/mol. The lowest BCUT2D eigenvalue weighted by molar-refractivity contribution is -0.147. The van der Waals surface area contributed by atoms with Gasteiger partial charge >= 0.3 is 18.2 Å². The Hall–Kier alpha value is -5.36. The summed E-state index contributed by atoms with van der Waals surface area (Å²) in [6, 6.07) is 7.23. The molecule has 2 aliphatic rings. The molecule has 3 atom stereocenters. The predicted octanol–water partition coefficient (Wildman–Crippen LogP) is 1.57. The molecule has 19 heteroatoms. The van der Waals surface area contributed by atoms with Crippen molar-refractivity contribution in [3.05, 3.63) is 42.1 Å². The monoisotopic (exact) mass is 723 g/mol. The highest BCUT2D eigenvalue weighted by Crippen LogP contribution is 2.24. The van der Waals surface area contributed by atoms with Crippen LogP contribution < -0.4 is 15.4 Å².